The van der Waals surface area contributed by atoms with E-state index in [2.05, 4.69) is 20.1 Å². The van der Waals surface area contributed by atoms with Crippen LogP contribution in [-0.2, 0) is 10.0 Å². The number of hydrogen-bond acceptors (Lipinski definition) is 7. The molecule has 5 rings (SSSR count). The lowest BCUT2D eigenvalue weighted by Gasteiger charge is -2.22. The van der Waals surface area contributed by atoms with Crippen LogP contribution in [0.1, 0.15) is 6.42 Å². The number of anilines is 1. The molecular weight excluding hydrogens is 414 g/mol. The van der Waals surface area contributed by atoms with Gasteiger partial charge in [0.1, 0.15) is 5.82 Å². The van der Waals surface area contributed by atoms with E-state index in [1.807, 2.05) is 30.3 Å². The Morgan fingerprint density at radius 2 is 1.61 bits per heavy atom. The van der Waals surface area contributed by atoms with E-state index in [-0.39, 0.29) is 0 Å². The molecule has 3 aromatic heterocycles. The Balaban J connectivity index is 1.40. The SMILES string of the molecule is O=S(=O)(c1ccccc1)N1CCCN(c2ccc3nnc(-c4ccncc4)n3n2)CC1. The van der Waals surface area contributed by atoms with Crippen molar-refractivity contribution in [1.82, 2.24) is 29.1 Å². The van der Waals surface area contributed by atoms with E-state index in [9.17, 15) is 8.42 Å². The van der Waals surface area contributed by atoms with Crippen LogP contribution in [0.4, 0.5) is 5.82 Å². The van der Waals surface area contributed by atoms with Gasteiger partial charge in [-0.1, -0.05) is 18.2 Å². The molecule has 0 unspecified atom stereocenters. The van der Waals surface area contributed by atoms with E-state index in [4.69, 9.17) is 5.10 Å². The quantitative estimate of drug-likeness (QED) is 0.484. The van der Waals surface area contributed by atoms with Crippen LogP contribution in [0.15, 0.2) is 71.9 Å². The molecule has 10 heteroatoms. The zero-order valence-corrected chi connectivity index (χ0v) is 17.6. The minimum absolute atomic E-state index is 0.328. The van der Waals surface area contributed by atoms with Gasteiger partial charge in [-0.15, -0.1) is 15.3 Å². The topological polar surface area (TPSA) is 96.6 Å². The van der Waals surface area contributed by atoms with Gasteiger partial charge in [-0.05, 0) is 42.8 Å². The normalized spacial score (nSPS) is 15.8. The van der Waals surface area contributed by atoms with E-state index >= 15 is 0 Å². The van der Waals surface area contributed by atoms with Crippen LogP contribution in [0.25, 0.3) is 17.0 Å². The van der Waals surface area contributed by atoms with Gasteiger partial charge >= 0.3 is 0 Å². The molecule has 1 aromatic carbocycles. The third kappa shape index (κ3) is 3.75. The maximum atomic E-state index is 13.0. The van der Waals surface area contributed by atoms with Gasteiger partial charge in [0.05, 0.1) is 4.90 Å². The highest BCUT2D eigenvalue weighted by Gasteiger charge is 2.27. The number of sulfonamides is 1. The number of fused-ring (bicyclic) bond motifs is 1. The first-order valence-electron chi connectivity index (χ1n) is 10.1. The summed E-state index contributed by atoms with van der Waals surface area (Å²) in [5.74, 6) is 1.41. The van der Waals surface area contributed by atoms with Crippen molar-refractivity contribution in [2.24, 2.45) is 0 Å². The molecule has 4 aromatic rings. The van der Waals surface area contributed by atoms with Gasteiger partial charge in [-0.2, -0.15) is 8.82 Å². The number of aromatic nitrogens is 5. The predicted molar refractivity (Wildman–Crippen MR) is 116 cm³/mol. The number of hydrogen-bond donors (Lipinski definition) is 0. The van der Waals surface area contributed by atoms with Crippen LogP contribution in [0.5, 0.6) is 0 Å². The van der Waals surface area contributed by atoms with Gasteiger partial charge in [-0.25, -0.2) is 8.42 Å². The van der Waals surface area contributed by atoms with Gasteiger partial charge in [-0.3, -0.25) is 4.98 Å². The Morgan fingerprint density at radius 1 is 0.806 bits per heavy atom. The fourth-order valence-corrected chi connectivity index (χ4v) is 5.22. The molecule has 0 bridgehead atoms. The van der Waals surface area contributed by atoms with Gasteiger partial charge in [0, 0.05) is 44.1 Å². The molecular formula is C21H21N7O2S. The van der Waals surface area contributed by atoms with Gasteiger partial charge < -0.3 is 4.90 Å². The van der Waals surface area contributed by atoms with Crippen molar-refractivity contribution in [2.75, 3.05) is 31.1 Å². The number of nitrogens with zero attached hydrogens (tertiary/aromatic N) is 7. The summed E-state index contributed by atoms with van der Waals surface area (Å²) < 4.78 is 29.3. The zero-order valence-electron chi connectivity index (χ0n) is 16.7. The lowest BCUT2D eigenvalue weighted by molar-refractivity contribution is 0.433. The van der Waals surface area contributed by atoms with E-state index in [0.717, 1.165) is 11.4 Å². The summed E-state index contributed by atoms with van der Waals surface area (Å²) in [6.45, 7) is 2.14. The molecule has 31 heavy (non-hydrogen) atoms. The Labute approximate surface area is 180 Å². The molecule has 0 radical (unpaired) electrons. The summed E-state index contributed by atoms with van der Waals surface area (Å²) in [7, 11) is -3.50. The predicted octanol–water partition coefficient (Wildman–Crippen LogP) is 2.09. The first-order chi connectivity index (χ1) is 15.1. The highest BCUT2D eigenvalue weighted by molar-refractivity contribution is 7.89. The first-order valence-corrected chi connectivity index (χ1v) is 11.5. The van der Waals surface area contributed by atoms with E-state index in [1.165, 1.54) is 0 Å². The molecule has 4 heterocycles. The van der Waals surface area contributed by atoms with E-state index in [1.54, 1.807) is 45.5 Å². The van der Waals surface area contributed by atoms with Crippen LogP contribution in [-0.4, -0.2) is 63.7 Å². The highest BCUT2D eigenvalue weighted by Crippen LogP contribution is 2.22. The molecule has 0 aliphatic carbocycles. The van der Waals surface area contributed by atoms with Crippen molar-refractivity contribution < 1.29 is 8.42 Å². The smallest absolute Gasteiger partial charge is 0.243 e. The monoisotopic (exact) mass is 435 g/mol. The van der Waals surface area contributed by atoms with Gasteiger partial charge in [0.25, 0.3) is 0 Å². The van der Waals surface area contributed by atoms with Crippen molar-refractivity contribution in [1.29, 1.82) is 0 Å². The minimum Gasteiger partial charge on any atom is -0.354 e. The van der Waals surface area contributed by atoms with E-state index < -0.39 is 10.0 Å². The summed E-state index contributed by atoms with van der Waals surface area (Å²) in [4.78, 5) is 6.48. The number of rotatable bonds is 4. The molecule has 0 saturated carbocycles. The van der Waals surface area contributed by atoms with Crippen LogP contribution in [0.3, 0.4) is 0 Å². The minimum atomic E-state index is -3.50. The Kier molecular flexibility index (Phi) is 5.08. The fraction of sp³-hybridized carbons (Fsp3) is 0.238. The lowest BCUT2D eigenvalue weighted by atomic mass is 10.2. The summed E-state index contributed by atoms with van der Waals surface area (Å²) in [6.07, 6.45) is 4.12. The molecule has 1 fully saturated rings. The summed E-state index contributed by atoms with van der Waals surface area (Å²) in [5, 5.41) is 13.2. The van der Waals surface area contributed by atoms with Gasteiger partial charge in [0.15, 0.2) is 11.5 Å². The number of pyridine rings is 1. The van der Waals surface area contributed by atoms with Crippen molar-refractivity contribution in [3.05, 3.63) is 67.0 Å². The fourth-order valence-electron chi connectivity index (χ4n) is 3.73. The zero-order chi connectivity index (χ0) is 21.3. The molecule has 158 valence electrons. The molecule has 9 nitrogen and oxygen atoms in total. The van der Waals surface area contributed by atoms with Crippen LogP contribution in [0.2, 0.25) is 0 Å². The van der Waals surface area contributed by atoms with Crippen LogP contribution >= 0.6 is 0 Å². The maximum absolute atomic E-state index is 13.0. The Hall–Kier alpha value is -3.37. The first kappa shape index (κ1) is 19.6. The standard InChI is InChI=1S/C21H21N7O2S/c29-31(30,18-5-2-1-3-6-18)27-14-4-13-26(15-16-27)20-8-7-19-23-24-21(28(19)25-20)17-9-11-22-12-10-17/h1-3,5-12H,4,13-16H2. The highest BCUT2D eigenvalue weighted by atomic mass is 32.2. The summed E-state index contributed by atoms with van der Waals surface area (Å²) in [6, 6.07) is 16.1. The second-order valence-electron chi connectivity index (χ2n) is 7.28. The van der Waals surface area contributed by atoms with Crippen molar-refractivity contribution >= 4 is 21.5 Å². The molecule has 0 amide bonds. The van der Waals surface area contributed by atoms with E-state index in [0.29, 0.717) is 49.0 Å². The molecule has 0 N–H and O–H groups in total. The molecule has 0 spiro atoms. The maximum Gasteiger partial charge on any atom is 0.243 e. The third-order valence-electron chi connectivity index (χ3n) is 5.35. The van der Waals surface area contributed by atoms with Crippen molar-refractivity contribution in [3.63, 3.8) is 0 Å². The van der Waals surface area contributed by atoms with Crippen LogP contribution in [0, 0.1) is 0 Å². The third-order valence-corrected chi connectivity index (χ3v) is 7.26. The van der Waals surface area contributed by atoms with Crippen LogP contribution < -0.4 is 4.90 Å². The second-order valence-corrected chi connectivity index (χ2v) is 9.22. The average molecular weight is 436 g/mol. The second kappa shape index (κ2) is 8.05. The Bertz CT molecular complexity index is 1290. The average Bonchev–Trinajstić information content (AvgIpc) is 3.07. The molecule has 1 saturated heterocycles. The number of benzene rings is 1. The lowest BCUT2D eigenvalue weighted by Crippen LogP contribution is -2.35. The van der Waals surface area contributed by atoms with Crippen molar-refractivity contribution in [3.8, 4) is 11.4 Å². The molecule has 1 aliphatic heterocycles. The Morgan fingerprint density at radius 3 is 2.42 bits per heavy atom. The van der Waals surface area contributed by atoms with Gasteiger partial charge in [0.2, 0.25) is 10.0 Å². The summed E-state index contributed by atoms with van der Waals surface area (Å²) in [5.41, 5.74) is 1.53. The molecule has 0 atom stereocenters. The van der Waals surface area contributed by atoms with Crippen molar-refractivity contribution in [2.45, 2.75) is 11.3 Å². The largest absolute Gasteiger partial charge is 0.354 e. The summed E-state index contributed by atoms with van der Waals surface area (Å²) >= 11 is 0. The molecule has 1 aliphatic rings.